The normalized spacial score (nSPS) is 14.3. The van der Waals surface area contributed by atoms with Crippen LogP contribution in [0.5, 0.6) is 0 Å². The lowest BCUT2D eigenvalue weighted by Crippen LogP contribution is -2.15. The predicted molar refractivity (Wildman–Crippen MR) is 59.1 cm³/mol. The summed E-state index contributed by atoms with van der Waals surface area (Å²) in [5, 5.41) is 0. The summed E-state index contributed by atoms with van der Waals surface area (Å²) < 4.78 is 5.25. The second-order valence-electron chi connectivity index (χ2n) is 4.10. The number of allylic oxidation sites excluding steroid dienone is 1. The highest BCUT2D eigenvalue weighted by Crippen LogP contribution is 2.08. The first-order chi connectivity index (χ1) is 6.47. The third-order valence-electron chi connectivity index (χ3n) is 1.91. The highest BCUT2D eigenvalue weighted by molar-refractivity contribution is 5.87. The minimum Gasteiger partial charge on any atom is -0.459 e. The van der Waals surface area contributed by atoms with Crippen molar-refractivity contribution in [1.29, 1.82) is 0 Å². The van der Waals surface area contributed by atoms with Crippen LogP contribution in [-0.4, -0.2) is 12.1 Å². The molecule has 0 N–H and O–H groups in total. The van der Waals surface area contributed by atoms with Crippen LogP contribution in [0.4, 0.5) is 0 Å². The molecule has 0 rings (SSSR count). The molecule has 14 heavy (non-hydrogen) atoms. The maximum atomic E-state index is 11.5. The zero-order valence-corrected chi connectivity index (χ0v) is 9.96. The van der Waals surface area contributed by atoms with Crippen molar-refractivity contribution in [1.82, 2.24) is 0 Å². The second kappa shape index (κ2) is 6.63. The van der Waals surface area contributed by atoms with Gasteiger partial charge in [-0.05, 0) is 26.2 Å². The summed E-state index contributed by atoms with van der Waals surface area (Å²) in [6, 6.07) is 0. The summed E-state index contributed by atoms with van der Waals surface area (Å²) in [4.78, 5) is 11.5. The maximum absolute atomic E-state index is 11.5. The molecule has 0 amide bonds. The lowest BCUT2D eigenvalue weighted by atomic mass is 10.1. The number of hydrogen-bond donors (Lipinski definition) is 0. The topological polar surface area (TPSA) is 26.3 Å². The fourth-order valence-corrected chi connectivity index (χ4v) is 1.31. The van der Waals surface area contributed by atoms with Gasteiger partial charge >= 0.3 is 5.97 Å². The molecule has 0 aliphatic carbocycles. The van der Waals surface area contributed by atoms with Crippen LogP contribution in [0, 0.1) is 5.92 Å². The van der Waals surface area contributed by atoms with E-state index in [4.69, 9.17) is 4.74 Å². The Bertz CT molecular complexity index is 204. The molecule has 0 spiro atoms. The van der Waals surface area contributed by atoms with Gasteiger partial charge in [-0.25, -0.2) is 4.79 Å². The Balaban J connectivity index is 4.07. The van der Waals surface area contributed by atoms with Crippen molar-refractivity contribution in [3.05, 3.63) is 11.6 Å². The van der Waals surface area contributed by atoms with Crippen LogP contribution in [-0.2, 0) is 9.53 Å². The molecule has 1 atom stereocenters. The maximum Gasteiger partial charge on any atom is 0.333 e. The Morgan fingerprint density at radius 1 is 1.36 bits per heavy atom. The zero-order chi connectivity index (χ0) is 11.1. The van der Waals surface area contributed by atoms with Crippen molar-refractivity contribution in [3.63, 3.8) is 0 Å². The molecule has 0 fully saturated rings. The average Bonchev–Trinajstić information content (AvgIpc) is 2.02. The molecule has 2 heteroatoms. The minimum absolute atomic E-state index is 0.0306. The molecule has 0 aromatic carbocycles. The molecule has 0 aromatic heterocycles. The summed E-state index contributed by atoms with van der Waals surface area (Å²) >= 11 is 0. The lowest BCUT2D eigenvalue weighted by Gasteiger charge is -2.12. The number of ether oxygens (including phenoxy) is 1. The van der Waals surface area contributed by atoms with Crippen molar-refractivity contribution in [2.75, 3.05) is 0 Å². The second-order valence-corrected chi connectivity index (χ2v) is 4.10. The standard InChI is InChI=1S/C12H22O2/c1-6-7-11(5)14-12(13)10(4)8-9(2)3/h8-9,11H,6-7H2,1-5H3/b10-8+. The van der Waals surface area contributed by atoms with Gasteiger partial charge in [-0.3, -0.25) is 0 Å². The molecular weight excluding hydrogens is 176 g/mol. The van der Waals surface area contributed by atoms with Crippen LogP contribution in [0.2, 0.25) is 0 Å². The lowest BCUT2D eigenvalue weighted by molar-refractivity contribution is -0.143. The summed E-state index contributed by atoms with van der Waals surface area (Å²) in [7, 11) is 0. The van der Waals surface area contributed by atoms with Gasteiger partial charge in [0, 0.05) is 5.57 Å². The van der Waals surface area contributed by atoms with Crippen LogP contribution in [0.15, 0.2) is 11.6 Å². The Labute approximate surface area is 87.3 Å². The van der Waals surface area contributed by atoms with Gasteiger partial charge in [0.25, 0.3) is 0 Å². The van der Waals surface area contributed by atoms with E-state index in [0.29, 0.717) is 11.5 Å². The minimum atomic E-state index is -0.181. The molecule has 0 saturated heterocycles. The van der Waals surface area contributed by atoms with Crippen molar-refractivity contribution in [2.45, 2.75) is 53.6 Å². The smallest absolute Gasteiger partial charge is 0.333 e. The molecule has 0 bridgehead atoms. The van der Waals surface area contributed by atoms with E-state index in [9.17, 15) is 4.79 Å². The highest BCUT2D eigenvalue weighted by Gasteiger charge is 2.10. The Morgan fingerprint density at radius 3 is 2.36 bits per heavy atom. The highest BCUT2D eigenvalue weighted by atomic mass is 16.5. The van der Waals surface area contributed by atoms with E-state index in [-0.39, 0.29) is 12.1 Å². The van der Waals surface area contributed by atoms with Gasteiger partial charge in [-0.15, -0.1) is 0 Å². The summed E-state index contributed by atoms with van der Waals surface area (Å²) in [5.74, 6) is 0.212. The van der Waals surface area contributed by atoms with E-state index in [1.165, 1.54) is 0 Å². The van der Waals surface area contributed by atoms with Crippen LogP contribution in [0.1, 0.15) is 47.5 Å². The average molecular weight is 198 g/mol. The number of rotatable bonds is 5. The Kier molecular flexibility index (Phi) is 6.26. The van der Waals surface area contributed by atoms with E-state index < -0.39 is 0 Å². The third kappa shape index (κ3) is 5.79. The number of carbonyl (C=O) groups is 1. The van der Waals surface area contributed by atoms with Crippen molar-refractivity contribution >= 4 is 5.97 Å². The number of esters is 1. The van der Waals surface area contributed by atoms with Gasteiger partial charge in [-0.2, -0.15) is 0 Å². The first kappa shape index (κ1) is 13.2. The molecule has 0 aromatic rings. The fourth-order valence-electron chi connectivity index (χ4n) is 1.31. The first-order valence-electron chi connectivity index (χ1n) is 5.36. The number of carbonyl (C=O) groups excluding carboxylic acids is 1. The SMILES string of the molecule is CCCC(C)OC(=O)/C(C)=C/C(C)C. The molecule has 82 valence electrons. The third-order valence-corrected chi connectivity index (χ3v) is 1.91. The van der Waals surface area contributed by atoms with Gasteiger partial charge < -0.3 is 4.74 Å². The van der Waals surface area contributed by atoms with Crippen LogP contribution < -0.4 is 0 Å². The molecule has 2 nitrogen and oxygen atoms in total. The fraction of sp³-hybridized carbons (Fsp3) is 0.750. The van der Waals surface area contributed by atoms with Crippen molar-refractivity contribution in [3.8, 4) is 0 Å². The molecule has 0 aliphatic rings. The predicted octanol–water partition coefficient (Wildman–Crippen LogP) is 3.32. The first-order valence-corrected chi connectivity index (χ1v) is 5.36. The van der Waals surface area contributed by atoms with Gasteiger partial charge in [-0.1, -0.05) is 33.3 Å². The van der Waals surface area contributed by atoms with Crippen molar-refractivity contribution in [2.24, 2.45) is 5.92 Å². The van der Waals surface area contributed by atoms with E-state index in [2.05, 4.69) is 6.92 Å². The largest absolute Gasteiger partial charge is 0.459 e. The van der Waals surface area contributed by atoms with Crippen LogP contribution >= 0.6 is 0 Å². The molecule has 1 unspecified atom stereocenters. The van der Waals surface area contributed by atoms with E-state index >= 15 is 0 Å². The summed E-state index contributed by atoms with van der Waals surface area (Å²) in [6.07, 6.45) is 3.94. The quantitative estimate of drug-likeness (QED) is 0.500. The van der Waals surface area contributed by atoms with E-state index in [1.807, 2.05) is 26.8 Å². The molecule has 0 saturated carbocycles. The van der Waals surface area contributed by atoms with Crippen molar-refractivity contribution < 1.29 is 9.53 Å². The van der Waals surface area contributed by atoms with Gasteiger partial charge in [0.05, 0.1) is 6.10 Å². The van der Waals surface area contributed by atoms with E-state index in [1.54, 1.807) is 6.92 Å². The summed E-state index contributed by atoms with van der Waals surface area (Å²) in [5.41, 5.74) is 0.711. The van der Waals surface area contributed by atoms with E-state index in [0.717, 1.165) is 12.8 Å². The summed E-state index contributed by atoms with van der Waals surface area (Å²) in [6.45, 7) is 9.92. The molecule has 0 radical (unpaired) electrons. The monoisotopic (exact) mass is 198 g/mol. The molecule has 0 aliphatic heterocycles. The van der Waals surface area contributed by atoms with Gasteiger partial charge in [0.2, 0.25) is 0 Å². The Hall–Kier alpha value is -0.790. The molecular formula is C12H22O2. The zero-order valence-electron chi connectivity index (χ0n) is 9.96. The van der Waals surface area contributed by atoms with Crippen LogP contribution in [0.25, 0.3) is 0 Å². The van der Waals surface area contributed by atoms with Crippen LogP contribution in [0.3, 0.4) is 0 Å². The molecule has 0 heterocycles. The number of hydrogen-bond acceptors (Lipinski definition) is 2. The van der Waals surface area contributed by atoms with Gasteiger partial charge in [0.15, 0.2) is 0 Å². The van der Waals surface area contributed by atoms with Gasteiger partial charge in [0.1, 0.15) is 0 Å². The Morgan fingerprint density at radius 2 is 1.93 bits per heavy atom.